The molecule has 420 valence electrons. The molecule has 16 nitrogen and oxygen atoms in total. The number of carbonyl (C=O) groups is 2. The van der Waals surface area contributed by atoms with E-state index in [0.29, 0.717) is 72.9 Å². The van der Waals surface area contributed by atoms with Crippen molar-refractivity contribution in [1.29, 1.82) is 0 Å². The van der Waals surface area contributed by atoms with Gasteiger partial charge >= 0.3 is 78.8 Å². The Morgan fingerprint density at radius 3 is 0.959 bits per heavy atom. The van der Waals surface area contributed by atoms with Crippen LogP contribution in [0, 0.1) is 0 Å². The number of hydrogen-bond donors (Lipinski definition) is 10. The van der Waals surface area contributed by atoms with E-state index in [1.807, 2.05) is 0 Å². The van der Waals surface area contributed by atoms with E-state index in [-0.39, 0.29) is 39.5 Å². The topological polar surface area (TPSA) is 199 Å². The molecule has 4 saturated carbocycles. The fourth-order valence-electron chi connectivity index (χ4n) is 11.2. The summed E-state index contributed by atoms with van der Waals surface area (Å²) < 4.78 is 10.6. The number of fused-ring (bicyclic) bond motifs is 8. The van der Waals surface area contributed by atoms with Crippen LogP contribution in [-0.4, -0.2) is 134 Å². The van der Waals surface area contributed by atoms with Gasteiger partial charge in [-0.3, -0.25) is 9.97 Å². The fraction of sp³-hybridized carbons (Fsp3) is 0.760. The van der Waals surface area contributed by atoms with Crippen LogP contribution < -0.4 is 53.2 Å². The number of nitrogens with one attached hydrogen (secondary N) is 10. The Morgan fingerprint density at radius 2 is 0.703 bits per heavy atom. The molecule has 4 fully saturated rings. The van der Waals surface area contributed by atoms with Gasteiger partial charge in [-0.2, -0.15) is 0 Å². The molecule has 2 aromatic rings. The molecule has 2 amide bonds. The van der Waals surface area contributed by atoms with E-state index in [4.69, 9.17) is 59.8 Å². The van der Waals surface area contributed by atoms with Gasteiger partial charge in [0.05, 0.1) is 22.8 Å². The zero-order chi connectivity index (χ0) is 52.0. The quantitative estimate of drug-likeness (QED) is 0.0601. The summed E-state index contributed by atoms with van der Waals surface area (Å²) >= 11 is 3.43. The summed E-state index contributed by atoms with van der Waals surface area (Å²) in [6, 6.07) is 12.4. The molecule has 1 unspecified atom stereocenters. The summed E-state index contributed by atoms with van der Waals surface area (Å²) in [7, 11) is 19.2. The molecule has 0 radical (unpaired) electrons. The van der Waals surface area contributed by atoms with Crippen LogP contribution in [0.4, 0.5) is 9.59 Å². The van der Waals surface area contributed by atoms with Crippen LogP contribution >= 0.6 is 63.9 Å². The number of hydrogen-bond acceptors (Lipinski definition) is 16. The SMILES string of the molecule is O=C(NCCSc1cc2nc(c1)CN[C@@H]1CCCC[C@H]1NCCN[C@@H]1CCCCC1NC2)OCCOC(=O)NCCSc1cc2nc(c1)CN[C@@H]1CCCC[C@H]1NCCN[C@@H]1CCCC[C@H]1NC2.[Cl][Mn][Cl].[Cl][Mn][Cl]. The Hall–Kier alpha value is -0.581. The van der Waals surface area contributed by atoms with Crippen LogP contribution in [0.2, 0.25) is 0 Å². The average molecular weight is 1230 g/mol. The summed E-state index contributed by atoms with van der Waals surface area (Å²) in [6.45, 7) is 7.78. The van der Waals surface area contributed by atoms with Crippen molar-refractivity contribution in [3.63, 3.8) is 0 Å². The van der Waals surface area contributed by atoms with Gasteiger partial charge < -0.3 is 62.6 Å². The predicted molar refractivity (Wildman–Crippen MR) is 296 cm³/mol. The summed E-state index contributed by atoms with van der Waals surface area (Å²) in [4.78, 5) is 37.5. The third-order valence-corrected chi connectivity index (χ3v) is 16.7. The Bertz CT molecular complexity index is 1690. The van der Waals surface area contributed by atoms with Crippen LogP contribution in [0.25, 0.3) is 0 Å². The van der Waals surface area contributed by atoms with Gasteiger partial charge in [-0.05, 0) is 75.6 Å². The molecular formula is C50H82Cl4Mn2N12O4S2. The first-order valence-electron chi connectivity index (χ1n) is 27.0. The molecule has 0 spiro atoms. The number of rotatable bonds is 11. The second-order valence-electron chi connectivity index (χ2n) is 19.8. The second-order valence-corrected chi connectivity index (χ2v) is 26.1. The van der Waals surface area contributed by atoms with E-state index >= 15 is 0 Å². The molecule has 6 aliphatic rings. The van der Waals surface area contributed by atoms with Crippen molar-refractivity contribution in [1.82, 2.24) is 63.1 Å². The normalized spacial score (nSPS) is 26.9. The van der Waals surface area contributed by atoms with Crippen LogP contribution in [0.3, 0.4) is 0 Å². The number of amides is 2. The monoisotopic (exact) mass is 1230 g/mol. The van der Waals surface area contributed by atoms with E-state index in [1.54, 1.807) is 23.5 Å². The summed E-state index contributed by atoms with van der Waals surface area (Å²) in [5.74, 6) is 1.37. The van der Waals surface area contributed by atoms with Crippen molar-refractivity contribution in [3.05, 3.63) is 47.0 Å². The van der Waals surface area contributed by atoms with Crippen molar-refractivity contribution in [2.24, 2.45) is 0 Å². The van der Waals surface area contributed by atoms with Crippen LogP contribution in [0.1, 0.15) is 126 Å². The van der Waals surface area contributed by atoms with Gasteiger partial charge in [-0.15, -0.1) is 23.5 Å². The Balaban J connectivity index is 0.00000142. The summed E-state index contributed by atoms with van der Waals surface area (Å²) in [5.41, 5.74) is 4.22. The first-order valence-corrected chi connectivity index (χ1v) is 35.5. The average Bonchev–Trinajstić information content (AvgIpc) is 3.42. The van der Waals surface area contributed by atoms with Crippen molar-refractivity contribution in [2.75, 3.05) is 64.0 Å². The molecule has 2 aliphatic heterocycles. The van der Waals surface area contributed by atoms with E-state index in [2.05, 4.69) is 77.4 Å². The zero-order valence-electron chi connectivity index (χ0n) is 42.8. The molecule has 8 atom stereocenters. The van der Waals surface area contributed by atoms with Gasteiger partial charge in [0.15, 0.2) is 0 Å². The number of pyridine rings is 2. The fourth-order valence-corrected chi connectivity index (χ4v) is 13.0. The minimum atomic E-state index is -0.523. The molecule has 4 heterocycles. The molecule has 4 bridgehead atoms. The maximum absolute atomic E-state index is 12.5. The van der Waals surface area contributed by atoms with E-state index in [0.717, 1.165) is 84.9 Å². The number of thioether (sulfide) groups is 2. The second kappa shape index (κ2) is 37.4. The first-order chi connectivity index (χ1) is 36.3. The molecule has 10 N–H and O–H groups in total. The number of alkyl carbamates (subject to hydrolysis) is 2. The number of ether oxygens (including phenoxy) is 2. The predicted octanol–water partition coefficient (Wildman–Crippen LogP) is 7.56. The van der Waals surface area contributed by atoms with Gasteiger partial charge in [0, 0.05) is 135 Å². The molecule has 0 aromatic carbocycles. The molecule has 4 aliphatic carbocycles. The van der Waals surface area contributed by atoms with Crippen molar-refractivity contribution < 1.29 is 45.3 Å². The van der Waals surface area contributed by atoms with Gasteiger partial charge in [0.25, 0.3) is 0 Å². The Kier molecular flexibility index (Phi) is 31.6. The van der Waals surface area contributed by atoms with Crippen LogP contribution in [-0.2, 0) is 61.9 Å². The molecule has 0 saturated heterocycles. The number of nitrogens with zero attached hydrogens (tertiary/aromatic N) is 2. The molecule has 2 aromatic heterocycles. The van der Waals surface area contributed by atoms with E-state index in [9.17, 15) is 9.59 Å². The molecule has 8 rings (SSSR count). The third kappa shape index (κ3) is 23.6. The summed E-state index contributed by atoms with van der Waals surface area (Å²) in [6.07, 6.45) is 18.7. The van der Waals surface area contributed by atoms with Crippen LogP contribution in [0.5, 0.6) is 0 Å². The van der Waals surface area contributed by atoms with Crippen LogP contribution in [0.15, 0.2) is 34.1 Å². The molecular weight excluding hydrogens is 1150 g/mol. The van der Waals surface area contributed by atoms with Crippen molar-refractivity contribution in [3.8, 4) is 0 Å². The molecule has 74 heavy (non-hydrogen) atoms. The van der Waals surface area contributed by atoms with Crippen molar-refractivity contribution in [2.45, 2.75) is 187 Å². The number of carbonyl (C=O) groups excluding carboxylic acids is 2. The summed E-state index contributed by atoms with van der Waals surface area (Å²) in [5, 5.41) is 36.5. The maximum atomic E-state index is 12.5. The minimum absolute atomic E-state index is 0.00694. The number of aromatic nitrogens is 2. The van der Waals surface area contributed by atoms with E-state index < -0.39 is 12.2 Å². The number of halogens is 4. The third-order valence-electron chi connectivity index (χ3n) is 14.8. The van der Waals surface area contributed by atoms with Gasteiger partial charge in [-0.25, -0.2) is 9.59 Å². The van der Waals surface area contributed by atoms with Gasteiger partial charge in [-0.1, -0.05) is 51.4 Å². The zero-order valence-corrected chi connectivity index (χ0v) is 49.8. The standard InChI is InChI=1S/C50H82N12O4S2.4ClH.2Mn/c63-49(55-21-25-67-39-27-35-31-57-45-13-5-1-9-41(45)51-17-18-52-42-10-2-6-14-46(42)58-32-36(28-39)61-35)65-23-24-66-50(64)56-22-26-68-40-29-37-33-59-47-15-7-3-11-43(47)53-19-20-54-44-12-4-8-16-48(44)60-34-38(30-40)62-37;;;;;;/h27-30,41-48,51-54,57-60H,1-26,31-34H2,(H,55,63)(H,56,64);4*1H;;/q;;;;;2*+2/p-4/t41-,42-,43-,44-,45-,46-,47-,48?;;;;;;/m1....../s1. The first kappa shape index (κ1) is 62.6. The van der Waals surface area contributed by atoms with Crippen molar-refractivity contribution >= 4 is 76.1 Å². The Morgan fingerprint density at radius 1 is 0.459 bits per heavy atom. The molecule has 24 heteroatoms. The van der Waals surface area contributed by atoms with Gasteiger partial charge in [0.1, 0.15) is 13.2 Å². The van der Waals surface area contributed by atoms with Gasteiger partial charge in [0.2, 0.25) is 0 Å². The Labute approximate surface area is 478 Å². The van der Waals surface area contributed by atoms with E-state index in [1.165, 1.54) is 103 Å².